The quantitative estimate of drug-likeness (QED) is 0.503. The van der Waals surface area contributed by atoms with E-state index < -0.39 is 0 Å². The van der Waals surface area contributed by atoms with Crippen LogP contribution in [0.3, 0.4) is 0 Å². The zero-order valence-corrected chi connectivity index (χ0v) is 19.6. The van der Waals surface area contributed by atoms with Crippen molar-refractivity contribution in [2.24, 2.45) is 0 Å². The largest absolute Gasteiger partial charge is 0.424 e. The molecule has 7 nitrogen and oxygen atoms in total. The molecule has 2 aromatic carbocycles. The van der Waals surface area contributed by atoms with Crippen LogP contribution in [0, 0.1) is 13.8 Å². The maximum absolute atomic E-state index is 12.6. The van der Waals surface area contributed by atoms with E-state index in [-0.39, 0.29) is 17.8 Å². The van der Waals surface area contributed by atoms with Crippen LogP contribution in [0.25, 0.3) is 0 Å². The van der Waals surface area contributed by atoms with E-state index in [1.54, 1.807) is 6.07 Å². The zero-order valence-electron chi connectivity index (χ0n) is 19.6. The molecule has 7 heteroatoms. The molecule has 0 saturated carbocycles. The van der Waals surface area contributed by atoms with Gasteiger partial charge in [0.25, 0.3) is 5.91 Å². The number of aromatic nitrogens is 2. The molecule has 0 atom stereocenters. The van der Waals surface area contributed by atoms with E-state index in [0.29, 0.717) is 37.2 Å². The average Bonchev–Trinajstić information content (AvgIpc) is 2.81. The van der Waals surface area contributed by atoms with Crippen LogP contribution in [-0.2, 0) is 11.2 Å². The lowest BCUT2D eigenvalue weighted by Crippen LogP contribution is -2.30. The summed E-state index contributed by atoms with van der Waals surface area (Å²) in [5, 5.41) is 2.92. The van der Waals surface area contributed by atoms with Crippen LogP contribution in [0.15, 0.2) is 54.9 Å². The molecule has 0 unspecified atom stereocenters. The third kappa shape index (κ3) is 6.38. The monoisotopic (exact) mass is 446 g/mol. The molecular weight excluding hydrogens is 416 g/mol. The van der Waals surface area contributed by atoms with E-state index in [0.717, 1.165) is 22.4 Å². The molecule has 0 aliphatic rings. The second-order valence-electron chi connectivity index (χ2n) is 7.79. The van der Waals surface area contributed by atoms with Gasteiger partial charge >= 0.3 is 6.01 Å². The Morgan fingerprint density at radius 3 is 2.24 bits per heavy atom. The van der Waals surface area contributed by atoms with Crippen LogP contribution in [0.1, 0.15) is 47.3 Å². The fourth-order valence-electron chi connectivity index (χ4n) is 3.54. The van der Waals surface area contributed by atoms with Crippen LogP contribution in [-0.4, -0.2) is 39.8 Å². The Balaban J connectivity index is 1.61. The summed E-state index contributed by atoms with van der Waals surface area (Å²) in [5.74, 6) is 0.443. The predicted molar refractivity (Wildman–Crippen MR) is 129 cm³/mol. The predicted octanol–water partition coefficient (Wildman–Crippen LogP) is 4.94. The normalized spacial score (nSPS) is 10.5. The Bertz CT molecular complexity index is 1090. The van der Waals surface area contributed by atoms with Gasteiger partial charge in [0.1, 0.15) is 5.75 Å². The summed E-state index contributed by atoms with van der Waals surface area (Å²) in [6, 6.07) is 13.5. The van der Waals surface area contributed by atoms with Gasteiger partial charge in [0.2, 0.25) is 5.91 Å². The minimum atomic E-state index is -0.279. The zero-order chi connectivity index (χ0) is 23.8. The van der Waals surface area contributed by atoms with Crippen LogP contribution >= 0.6 is 0 Å². The number of benzene rings is 2. The Hall–Kier alpha value is -3.74. The lowest BCUT2D eigenvalue weighted by atomic mass is 10.1. The number of para-hydroxylation sites is 1. The van der Waals surface area contributed by atoms with E-state index in [4.69, 9.17) is 4.74 Å². The van der Waals surface area contributed by atoms with Crippen molar-refractivity contribution in [3.05, 3.63) is 77.1 Å². The third-order valence-corrected chi connectivity index (χ3v) is 5.46. The number of hydrogen-bond donors (Lipinski definition) is 1. The number of nitrogens with one attached hydrogen (secondary N) is 1. The molecule has 1 N–H and O–H groups in total. The van der Waals surface area contributed by atoms with E-state index >= 15 is 0 Å². The van der Waals surface area contributed by atoms with Crippen molar-refractivity contribution in [1.29, 1.82) is 0 Å². The van der Waals surface area contributed by atoms with Crippen LogP contribution in [0.4, 0.5) is 5.69 Å². The molecule has 0 radical (unpaired) electrons. The minimum absolute atomic E-state index is 0.143. The van der Waals surface area contributed by atoms with Gasteiger partial charge in [0.05, 0.1) is 5.56 Å². The second-order valence-corrected chi connectivity index (χ2v) is 7.79. The Morgan fingerprint density at radius 2 is 1.61 bits per heavy atom. The molecule has 2 amide bonds. The summed E-state index contributed by atoms with van der Waals surface area (Å²) < 4.78 is 5.76. The molecule has 0 spiro atoms. The molecule has 0 fully saturated rings. The number of aryl methyl sites for hydroxylation is 3. The first-order valence-electron chi connectivity index (χ1n) is 11.2. The Kier molecular flexibility index (Phi) is 8.13. The highest BCUT2D eigenvalue weighted by molar-refractivity contribution is 6.04. The molecule has 1 heterocycles. The van der Waals surface area contributed by atoms with Crippen molar-refractivity contribution in [3.8, 4) is 11.8 Å². The summed E-state index contributed by atoms with van der Waals surface area (Å²) in [6.45, 7) is 9.29. The van der Waals surface area contributed by atoms with Crippen molar-refractivity contribution in [1.82, 2.24) is 14.9 Å². The second kappa shape index (κ2) is 11.2. The first kappa shape index (κ1) is 23.9. The highest BCUT2D eigenvalue weighted by Gasteiger charge is 2.12. The molecule has 0 aliphatic heterocycles. The summed E-state index contributed by atoms with van der Waals surface area (Å²) in [4.78, 5) is 35.0. The van der Waals surface area contributed by atoms with Crippen molar-refractivity contribution in [2.45, 2.75) is 40.5 Å². The number of amides is 2. The van der Waals surface area contributed by atoms with Gasteiger partial charge in [-0.1, -0.05) is 30.3 Å². The minimum Gasteiger partial charge on any atom is -0.424 e. The fraction of sp³-hybridized carbons (Fsp3) is 0.308. The average molecular weight is 447 g/mol. The highest BCUT2D eigenvalue weighted by atomic mass is 16.5. The summed E-state index contributed by atoms with van der Waals surface area (Å²) in [7, 11) is 0. The third-order valence-electron chi connectivity index (χ3n) is 5.46. The summed E-state index contributed by atoms with van der Waals surface area (Å²) >= 11 is 0. The Morgan fingerprint density at radius 1 is 0.970 bits per heavy atom. The molecule has 0 aliphatic carbocycles. The molecule has 1 aromatic heterocycles. The van der Waals surface area contributed by atoms with E-state index in [1.807, 2.05) is 69.0 Å². The van der Waals surface area contributed by atoms with E-state index in [2.05, 4.69) is 15.3 Å². The molecule has 172 valence electrons. The van der Waals surface area contributed by atoms with Gasteiger partial charge in [-0.2, -0.15) is 0 Å². The van der Waals surface area contributed by atoms with E-state index in [9.17, 15) is 9.59 Å². The SMILES string of the molecule is CCN(CC)C(=O)CCc1cccc(Oc2ncc(C(=O)Nc3c(C)cccc3C)cn2)c1. The lowest BCUT2D eigenvalue weighted by molar-refractivity contribution is -0.130. The standard InChI is InChI=1S/C26H30N4O3/c1-5-30(6-2)23(31)14-13-20-11-8-12-22(15-20)33-26-27-16-21(17-28-26)25(32)29-24-18(3)9-7-10-19(24)4/h7-12,15-17H,5-6,13-14H2,1-4H3,(H,29,32). The topological polar surface area (TPSA) is 84.4 Å². The molecule has 3 aromatic rings. The number of rotatable bonds is 9. The Labute approximate surface area is 194 Å². The molecular formula is C26H30N4O3. The highest BCUT2D eigenvalue weighted by Crippen LogP contribution is 2.22. The number of nitrogens with zero attached hydrogens (tertiary/aromatic N) is 3. The number of anilines is 1. The van der Waals surface area contributed by atoms with Crippen molar-refractivity contribution in [2.75, 3.05) is 18.4 Å². The van der Waals surface area contributed by atoms with Crippen LogP contribution in [0.5, 0.6) is 11.8 Å². The first-order chi connectivity index (χ1) is 15.9. The number of hydrogen-bond acceptors (Lipinski definition) is 5. The molecule has 0 bridgehead atoms. The van der Waals surface area contributed by atoms with Gasteiger partial charge in [0, 0.05) is 37.6 Å². The van der Waals surface area contributed by atoms with Crippen molar-refractivity contribution >= 4 is 17.5 Å². The fourth-order valence-corrected chi connectivity index (χ4v) is 3.54. The van der Waals surface area contributed by atoms with Gasteiger partial charge < -0.3 is 15.0 Å². The van der Waals surface area contributed by atoms with Gasteiger partial charge in [-0.05, 0) is 62.9 Å². The number of ether oxygens (including phenoxy) is 1. The van der Waals surface area contributed by atoms with Crippen LogP contribution < -0.4 is 10.1 Å². The molecule has 3 rings (SSSR count). The van der Waals surface area contributed by atoms with Crippen molar-refractivity contribution in [3.63, 3.8) is 0 Å². The van der Waals surface area contributed by atoms with Crippen LogP contribution in [0.2, 0.25) is 0 Å². The molecule has 33 heavy (non-hydrogen) atoms. The smallest absolute Gasteiger partial charge is 0.321 e. The van der Waals surface area contributed by atoms with Gasteiger partial charge in [-0.15, -0.1) is 0 Å². The van der Waals surface area contributed by atoms with Crippen molar-refractivity contribution < 1.29 is 14.3 Å². The first-order valence-corrected chi connectivity index (χ1v) is 11.2. The maximum atomic E-state index is 12.6. The summed E-state index contributed by atoms with van der Waals surface area (Å²) in [5.41, 5.74) is 4.11. The maximum Gasteiger partial charge on any atom is 0.321 e. The van der Waals surface area contributed by atoms with Gasteiger partial charge in [0.15, 0.2) is 0 Å². The molecule has 0 saturated heterocycles. The number of carbonyl (C=O) groups excluding carboxylic acids is 2. The number of carbonyl (C=O) groups is 2. The lowest BCUT2D eigenvalue weighted by Gasteiger charge is -2.18. The van der Waals surface area contributed by atoms with E-state index in [1.165, 1.54) is 12.4 Å². The van der Waals surface area contributed by atoms with Gasteiger partial charge in [-0.25, -0.2) is 9.97 Å². The summed E-state index contributed by atoms with van der Waals surface area (Å²) in [6.07, 6.45) is 3.96. The van der Waals surface area contributed by atoms with Gasteiger partial charge in [-0.3, -0.25) is 9.59 Å².